The molecule has 16 heavy (non-hydrogen) atoms. The molecule has 4 nitrogen and oxygen atoms in total. The summed E-state index contributed by atoms with van der Waals surface area (Å²) in [5.74, 6) is 0.227. The largest absolute Gasteiger partial charge is 0.381 e. The molecule has 0 saturated carbocycles. The highest BCUT2D eigenvalue weighted by atomic mass is 32.2. The summed E-state index contributed by atoms with van der Waals surface area (Å²) in [5.41, 5.74) is 5.66. The molecule has 1 atom stereocenters. The molecule has 1 aliphatic heterocycles. The highest BCUT2D eigenvalue weighted by Crippen LogP contribution is 2.31. The second kappa shape index (κ2) is 5.47. The van der Waals surface area contributed by atoms with Crippen molar-refractivity contribution in [3.8, 4) is 0 Å². The van der Waals surface area contributed by atoms with E-state index in [0.717, 1.165) is 19.4 Å². The van der Waals surface area contributed by atoms with Crippen LogP contribution in [0.5, 0.6) is 0 Å². The van der Waals surface area contributed by atoms with Gasteiger partial charge in [-0.1, -0.05) is 0 Å². The van der Waals surface area contributed by atoms with Gasteiger partial charge in [-0.25, -0.2) is 8.42 Å². The normalized spacial score (nSPS) is 27.2. The molecule has 0 aliphatic carbocycles. The zero-order valence-corrected chi connectivity index (χ0v) is 11.1. The van der Waals surface area contributed by atoms with Crippen LogP contribution in [0.4, 0.5) is 0 Å². The molecule has 0 aromatic rings. The smallest absolute Gasteiger partial charge is 0.152 e. The molecule has 0 radical (unpaired) electrons. The maximum Gasteiger partial charge on any atom is 0.152 e. The van der Waals surface area contributed by atoms with Crippen LogP contribution >= 0.6 is 0 Å². The minimum Gasteiger partial charge on any atom is -0.381 e. The van der Waals surface area contributed by atoms with Crippen molar-refractivity contribution in [1.82, 2.24) is 0 Å². The number of hydrogen-bond donors (Lipinski definition) is 1. The molecule has 0 amide bonds. The van der Waals surface area contributed by atoms with Gasteiger partial charge in [0, 0.05) is 18.6 Å². The van der Waals surface area contributed by atoms with Gasteiger partial charge in [0.2, 0.25) is 0 Å². The van der Waals surface area contributed by atoms with Crippen LogP contribution in [0, 0.1) is 5.41 Å². The lowest BCUT2D eigenvalue weighted by Crippen LogP contribution is -2.40. The molecule has 5 heteroatoms. The van der Waals surface area contributed by atoms with Crippen LogP contribution in [0.25, 0.3) is 0 Å². The fourth-order valence-electron chi connectivity index (χ4n) is 1.96. The van der Waals surface area contributed by atoms with Gasteiger partial charge in [-0.3, -0.25) is 0 Å². The van der Waals surface area contributed by atoms with Gasteiger partial charge >= 0.3 is 0 Å². The molecule has 1 rings (SSSR count). The fourth-order valence-corrected chi connectivity index (χ4v) is 3.15. The first-order valence-electron chi connectivity index (χ1n) is 5.91. The minimum absolute atomic E-state index is 0.111. The van der Waals surface area contributed by atoms with Crippen LogP contribution in [0.3, 0.4) is 0 Å². The van der Waals surface area contributed by atoms with Crippen LogP contribution in [-0.2, 0) is 14.6 Å². The van der Waals surface area contributed by atoms with E-state index < -0.39 is 9.84 Å². The molecule has 2 N–H and O–H groups in total. The molecule has 96 valence electrons. The summed E-state index contributed by atoms with van der Waals surface area (Å²) in [6, 6.07) is 0. The van der Waals surface area contributed by atoms with E-state index in [9.17, 15) is 8.42 Å². The molecule has 1 fully saturated rings. The van der Waals surface area contributed by atoms with E-state index >= 15 is 0 Å². The Kier molecular flexibility index (Phi) is 4.76. The van der Waals surface area contributed by atoms with E-state index in [1.807, 2.05) is 0 Å². The Morgan fingerprint density at radius 2 is 2.12 bits per heavy atom. The maximum atomic E-state index is 11.7. The summed E-state index contributed by atoms with van der Waals surface area (Å²) >= 11 is 0. The molecule has 0 spiro atoms. The van der Waals surface area contributed by atoms with Crippen molar-refractivity contribution in [2.75, 3.05) is 25.5 Å². The van der Waals surface area contributed by atoms with E-state index in [2.05, 4.69) is 0 Å². The third-order valence-electron chi connectivity index (χ3n) is 3.47. The van der Waals surface area contributed by atoms with E-state index in [0.29, 0.717) is 19.6 Å². The SMILES string of the molecule is CC(C)S(=O)(=O)CCC1(CN)CCCOC1. The average molecular weight is 249 g/mol. The van der Waals surface area contributed by atoms with Crippen molar-refractivity contribution in [2.45, 2.75) is 38.4 Å². The van der Waals surface area contributed by atoms with Crippen molar-refractivity contribution < 1.29 is 13.2 Å². The Hall–Kier alpha value is -0.130. The molecule has 0 bridgehead atoms. The summed E-state index contributed by atoms with van der Waals surface area (Å²) < 4.78 is 28.9. The highest BCUT2D eigenvalue weighted by Gasteiger charge is 2.33. The third-order valence-corrected chi connectivity index (χ3v) is 5.68. The fraction of sp³-hybridized carbons (Fsp3) is 1.00. The van der Waals surface area contributed by atoms with Gasteiger partial charge in [0.05, 0.1) is 17.6 Å². The number of sulfone groups is 1. The monoisotopic (exact) mass is 249 g/mol. The molecule has 1 aliphatic rings. The molecular formula is C11H23NO3S. The van der Waals surface area contributed by atoms with E-state index in [1.165, 1.54) is 0 Å². The van der Waals surface area contributed by atoms with Crippen molar-refractivity contribution in [2.24, 2.45) is 11.1 Å². The van der Waals surface area contributed by atoms with Crippen LogP contribution in [0.15, 0.2) is 0 Å². The van der Waals surface area contributed by atoms with Gasteiger partial charge in [-0.05, 0) is 33.1 Å². The molecule has 1 unspecified atom stereocenters. The highest BCUT2D eigenvalue weighted by molar-refractivity contribution is 7.91. The van der Waals surface area contributed by atoms with Crippen LogP contribution < -0.4 is 5.73 Å². The summed E-state index contributed by atoms with van der Waals surface area (Å²) in [4.78, 5) is 0. The Morgan fingerprint density at radius 1 is 1.44 bits per heavy atom. The molecule has 1 heterocycles. The van der Waals surface area contributed by atoms with Crippen LogP contribution in [0.1, 0.15) is 33.1 Å². The number of hydrogen-bond acceptors (Lipinski definition) is 4. The Labute approximate surface area is 98.5 Å². The third kappa shape index (κ3) is 3.43. The maximum absolute atomic E-state index is 11.7. The Balaban J connectivity index is 2.58. The van der Waals surface area contributed by atoms with Crippen molar-refractivity contribution in [3.05, 3.63) is 0 Å². The topological polar surface area (TPSA) is 69.4 Å². The van der Waals surface area contributed by atoms with Gasteiger partial charge in [-0.2, -0.15) is 0 Å². The zero-order chi connectivity index (χ0) is 12.2. The van der Waals surface area contributed by atoms with Gasteiger partial charge in [0.15, 0.2) is 9.84 Å². The van der Waals surface area contributed by atoms with Crippen LogP contribution in [-0.4, -0.2) is 39.2 Å². The molecule has 0 aromatic heterocycles. The summed E-state index contributed by atoms with van der Waals surface area (Å²) in [7, 11) is -2.96. The first kappa shape index (κ1) is 13.9. The lowest BCUT2D eigenvalue weighted by molar-refractivity contribution is -0.00441. The number of ether oxygens (including phenoxy) is 1. The lowest BCUT2D eigenvalue weighted by Gasteiger charge is -2.36. The van der Waals surface area contributed by atoms with Gasteiger partial charge in [0.25, 0.3) is 0 Å². The zero-order valence-electron chi connectivity index (χ0n) is 10.2. The first-order valence-corrected chi connectivity index (χ1v) is 7.63. The quantitative estimate of drug-likeness (QED) is 0.788. The predicted octanol–water partition coefficient (Wildman–Crippen LogP) is 0.955. The lowest BCUT2D eigenvalue weighted by atomic mass is 9.80. The van der Waals surface area contributed by atoms with E-state index in [-0.39, 0.29) is 16.4 Å². The molecule has 1 saturated heterocycles. The Morgan fingerprint density at radius 3 is 2.56 bits per heavy atom. The molecule has 0 aromatic carbocycles. The van der Waals surface area contributed by atoms with Crippen LogP contribution in [0.2, 0.25) is 0 Å². The Bertz CT molecular complexity index is 305. The average Bonchev–Trinajstić information content (AvgIpc) is 2.28. The van der Waals surface area contributed by atoms with Gasteiger partial charge in [0.1, 0.15) is 0 Å². The van der Waals surface area contributed by atoms with Gasteiger partial charge < -0.3 is 10.5 Å². The second-order valence-corrected chi connectivity index (χ2v) is 7.70. The summed E-state index contributed by atoms with van der Waals surface area (Å²) in [6.45, 7) is 5.35. The van der Waals surface area contributed by atoms with Crippen molar-refractivity contribution >= 4 is 9.84 Å². The number of rotatable bonds is 5. The van der Waals surface area contributed by atoms with Gasteiger partial charge in [-0.15, -0.1) is 0 Å². The van der Waals surface area contributed by atoms with Crippen molar-refractivity contribution in [3.63, 3.8) is 0 Å². The first-order chi connectivity index (χ1) is 7.42. The summed E-state index contributed by atoms with van der Waals surface area (Å²) in [5, 5.41) is -0.299. The standard InChI is InChI=1S/C11H23NO3S/c1-10(2)16(13,14)7-5-11(8-12)4-3-6-15-9-11/h10H,3-9,12H2,1-2H3. The van der Waals surface area contributed by atoms with E-state index in [1.54, 1.807) is 13.8 Å². The van der Waals surface area contributed by atoms with E-state index in [4.69, 9.17) is 10.5 Å². The predicted molar refractivity (Wildman–Crippen MR) is 65.1 cm³/mol. The number of nitrogens with two attached hydrogens (primary N) is 1. The summed E-state index contributed by atoms with van der Waals surface area (Å²) in [6.07, 6.45) is 2.60. The minimum atomic E-state index is -2.96. The molecular weight excluding hydrogens is 226 g/mol. The van der Waals surface area contributed by atoms with Crippen molar-refractivity contribution in [1.29, 1.82) is 0 Å². The second-order valence-electron chi connectivity index (χ2n) is 5.03.